The molecule has 0 spiro atoms. The van der Waals surface area contributed by atoms with Crippen LogP contribution in [0.5, 0.6) is 0 Å². The topological polar surface area (TPSA) is 94.7 Å². The summed E-state index contributed by atoms with van der Waals surface area (Å²) in [6.07, 6.45) is 1.43. The van der Waals surface area contributed by atoms with Gasteiger partial charge >= 0.3 is 6.09 Å². The fourth-order valence-corrected chi connectivity index (χ4v) is 3.82. The fourth-order valence-electron chi connectivity index (χ4n) is 3.82. The van der Waals surface area contributed by atoms with Gasteiger partial charge in [0.05, 0.1) is 6.54 Å². The molecule has 2 aromatic rings. The molecule has 148 valence electrons. The molecule has 2 aliphatic heterocycles. The number of rotatable bonds is 5. The Balaban J connectivity index is 1.29. The molecular formula is C20H24N4O4. The van der Waals surface area contributed by atoms with Crippen LogP contribution < -0.4 is 5.32 Å². The van der Waals surface area contributed by atoms with Crippen LogP contribution in [0.1, 0.15) is 23.3 Å². The first-order chi connectivity index (χ1) is 13.6. The first kappa shape index (κ1) is 18.3. The van der Waals surface area contributed by atoms with Gasteiger partial charge in [0.2, 0.25) is 5.91 Å². The molecule has 3 heterocycles. The van der Waals surface area contributed by atoms with Crippen LogP contribution in [0, 0.1) is 5.92 Å². The molecular weight excluding hydrogens is 360 g/mol. The average Bonchev–Trinajstić information content (AvgIpc) is 3.32. The molecule has 1 unspecified atom stereocenters. The molecule has 0 aliphatic carbocycles. The van der Waals surface area contributed by atoms with E-state index in [2.05, 4.69) is 10.3 Å². The van der Waals surface area contributed by atoms with Gasteiger partial charge in [-0.3, -0.25) is 14.5 Å². The Morgan fingerprint density at radius 1 is 1.25 bits per heavy atom. The minimum Gasteiger partial charge on any atom is -0.448 e. The van der Waals surface area contributed by atoms with Gasteiger partial charge in [-0.25, -0.2) is 4.79 Å². The third kappa shape index (κ3) is 3.95. The van der Waals surface area contributed by atoms with Crippen molar-refractivity contribution in [1.29, 1.82) is 0 Å². The highest BCUT2D eigenvalue weighted by Gasteiger charge is 2.29. The number of likely N-dealkylation sites (tertiary alicyclic amines) is 1. The highest BCUT2D eigenvalue weighted by atomic mass is 16.6. The van der Waals surface area contributed by atoms with E-state index in [0.29, 0.717) is 38.5 Å². The number of amides is 3. The molecule has 0 bridgehead atoms. The Morgan fingerprint density at radius 2 is 2.11 bits per heavy atom. The fraction of sp³-hybridized carbons (Fsp3) is 0.450. The van der Waals surface area contributed by atoms with Gasteiger partial charge in [-0.05, 0) is 30.9 Å². The smallest absolute Gasteiger partial charge is 0.410 e. The van der Waals surface area contributed by atoms with Gasteiger partial charge < -0.3 is 19.9 Å². The molecule has 4 rings (SSSR count). The van der Waals surface area contributed by atoms with Crippen molar-refractivity contribution in [3.05, 3.63) is 36.0 Å². The van der Waals surface area contributed by atoms with Gasteiger partial charge in [0.25, 0.3) is 5.91 Å². The highest BCUT2D eigenvalue weighted by molar-refractivity contribution is 5.98. The predicted molar refractivity (Wildman–Crippen MR) is 103 cm³/mol. The molecule has 8 heteroatoms. The van der Waals surface area contributed by atoms with Crippen LogP contribution in [-0.2, 0) is 9.53 Å². The summed E-state index contributed by atoms with van der Waals surface area (Å²) >= 11 is 0. The molecule has 1 atom stereocenters. The molecule has 8 nitrogen and oxygen atoms in total. The van der Waals surface area contributed by atoms with Gasteiger partial charge in [0.1, 0.15) is 18.8 Å². The molecule has 2 fully saturated rings. The second-order valence-electron chi connectivity index (χ2n) is 7.36. The molecule has 3 amide bonds. The van der Waals surface area contributed by atoms with Crippen LogP contribution in [0.15, 0.2) is 30.3 Å². The van der Waals surface area contributed by atoms with E-state index in [1.165, 1.54) is 4.90 Å². The summed E-state index contributed by atoms with van der Waals surface area (Å²) in [5.41, 5.74) is 1.47. The van der Waals surface area contributed by atoms with E-state index in [1.807, 2.05) is 30.3 Å². The van der Waals surface area contributed by atoms with Crippen molar-refractivity contribution >= 4 is 28.8 Å². The number of para-hydroxylation sites is 1. The van der Waals surface area contributed by atoms with E-state index in [0.717, 1.165) is 23.7 Å². The lowest BCUT2D eigenvalue weighted by Crippen LogP contribution is -2.47. The SMILES string of the molecule is O=C(NCC1CCCN(C(=O)CN2CCOC2=O)C1)c1cc2ccccc2[nH]1. The zero-order valence-corrected chi connectivity index (χ0v) is 15.6. The number of H-pyrrole nitrogens is 1. The van der Waals surface area contributed by atoms with Gasteiger partial charge in [-0.1, -0.05) is 18.2 Å². The number of hydrogen-bond donors (Lipinski definition) is 2. The quantitative estimate of drug-likeness (QED) is 0.818. The van der Waals surface area contributed by atoms with E-state index in [4.69, 9.17) is 4.74 Å². The van der Waals surface area contributed by atoms with Gasteiger partial charge in [0.15, 0.2) is 0 Å². The lowest BCUT2D eigenvalue weighted by atomic mass is 9.98. The van der Waals surface area contributed by atoms with Crippen molar-refractivity contribution in [2.24, 2.45) is 5.92 Å². The van der Waals surface area contributed by atoms with E-state index in [1.54, 1.807) is 4.90 Å². The van der Waals surface area contributed by atoms with Crippen LogP contribution in [0.4, 0.5) is 4.79 Å². The van der Waals surface area contributed by atoms with Crippen molar-refractivity contribution in [2.75, 3.05) is 39.3 Å². The molecule has 28 heavy (non-hydrogen) atoms. The van der Waals surface area contributed by atoms with E-state index in [-0.39, 0.29) is 24.3 Å². The molecule has 2 N–H and O–H groups in total. The van der Waals surface area contributed by atoms with Crippen molar-refractivity contribution < 1.29 is 19.1 Å². The molecule has 2 aliphatic rings. The number of carbonyl (C=O) groups is 3. The Bertz CT molecular complexity index is 860. The largest absolute Gasteiger partial charge is 0.448 e. The van der Waals surface area contributed by atoms with Crippen molar-refractivity contribution in [3.8, 4) is 0 Å². The van der Waals surface area contributed by atoms with Gasteiger partial charge in [-0.15, -0.1) is 0 Å². The Kier molecular flexibility index (Phi) is 5.18. The Hall–Kier alpha value is -3.03. The second-order valence-corrected chi connectivity index (χ2v) is 7.36. The zero-order valence-electron chi connectivity index (χ0n) is 15.6. The third-order valence-corrected chi connectivity index (χ3v) is 5.37. The summed E-state index contributed by atoms with van der Waals surface area (Å²) in [6, 6.07) is 9.61. The number of piperidine rings is 1. The summed E-state index contributed by atoms with van der Waals surface area (Å²) < 4.78 is 4.87. The maximum absolute atomic E-state index is 12.5. The number of nitrogens with one attached hydrogen (secondary N) is 2. The summed E-state index contributed by atoms with van der Waals surface area (Å²) in [6.45, 7) is 2.66. The maximum atomic E-state index is 12.5. The van der Waals surface area contributed by atoms with Crippen molar-refractivity contribution in [3.63, 3.8) is 0 Å². The number of hydrogen-bond acceptors (Lipinski definition) is 4. The van der Waals surface area contributed by atoms with E-state index in [9.17, 15) is 14.4 Å². The number of carbonyl (C=O) groups excluding carboxylic acids is 3. The van der Waals surface area contributed by atoms with Crippen LogP contribution in [0.2, 0.25) is 0 Å². The number of fused-ring (bicyclic) bond motifs is 1. The van der Waals surface area contributed by atoms with E-state index >= 15 is 0 Å². The second kappa shape index (κ2) is 7.92. The molecule has 2 saturated heterocycles. The minimum absolute atomic E-state index is 0.0625. The number of aromatic amines is 1. The van der Waals surface area contributed by atoms with Crippen molar-refractivity contribution in [1.82, 2.24) is 20.1 Å². The van der Waals surface area contributed by atoms with Crippen LogP contribution in [-0.4, -0.2) is 72.0 Å². The minimum atomic E-state index is -0.424. The Morgan fingerprint density at radius 3 is 2.89 bits per heavy atom. The lowest BCUT2D eigenvalue weighted by Gasteiger charge is -2.33. The predicted octanol–water partition coefficient (Wildman–Crippen LogP) is 1.59. The zero-order chi connectivity index (χ0) is 19.5. The molecule has 0 radical (unpaired) electrons. The standard InChI is InChI=1S/C20H24N4O4/c25-18(13-24-8-9-28-20(24)27)23-7-3-4-14(12-23)11-21-19(26)17-10-15-5-1-2-6-16(15)22-17/h1-2,5-6,10,14,22H,3-4,7-9,11-13H2,(H,21,26). The number of nitrogens with zero attached hydrogens (tertiary/aromatic N) is 2. The van der Waals surface area contributed by atoms with Gasteiger partial charge in [-0.2, -0.15) is 0 Å². The van der Waals surface area contributed by atoms with Crippen LogP contribution >= 0.6 is 0 Å². The number of aromatic nitrogens is 1. The highest BCUT2D eigenvalue weighted by Crippen LogP contribution is 2.18. The first-order valence-corrected chi connectivity index (χ1v) is 9.65. The van der Waals surface area contributed by atoms with E-state index < -0.39 is 6.09 Å². The monoisotopic (exact) mass is 384 g/mol. The summed E-state index contributed by atoms with van der Waals surface area (Å²) in [5, 5.41) is 3.98. The number of ether oxygens (including phenoxy) is 1. The number of cyclic esters (lactones) is 1. The molecule has 1 aromatic heterocycles. The first-order valence-electron chi connectivity index (χ1n) is 9.65. The van der Waals surface area contributed by atoms with Gasteiger partial charge in [0, 0.05) is 30.5 Å². The molecule has 0 saturated carbocycles. The van der Waals surface area contributed by atoms with Crippen LogP contribution in [0.3, 0.4) is 0 Å². The Labute approximate surface area is 162 Å². The maximum Gasteiger partial charge on any atom is 0.410 e. The average molecular weight is 384 g/mol. The molecule has 1 aromatic carbocycles. The third-order valence-electron chi connectivity index (χ3n) is 5.37. The normalized spacial score (nSPS) is 19.7. The number of benzene rings is 1. The summed E-state index contributed by atoms with van der Waals surface area (Å²) in [7, 11) is 0. The van der Waals surface area contributed by atoms with Crippen molar-refractivity contribution in [2.45, 2.75) is 12.8 Å². The summed E-state index contributed by atoms with van der Waals surface area (Å²) in [4.78, 5) is 42.8. The summed E-state index contributed by atoms with van der Waals surface area (Å²) in [5.74, 6) is 0.00140. The lowest BCUT2D eigenvalue weighted by molar-refractivity contribution is -0.133. The van der Waals surface area contributed by atoms with Crippen LogP contribution in [0.25, 0.3) is 10.9 Å².